The first kappa shape index (κ1) is 18.4. The Morgan fingerprint density at radius 3 is 2.75 bits per heavy atom. The van der Waals surface area contributed by atoms with E-state index in [-0.39, 0.29) is 11.6 Å². The fraction of sp³-hybridized carbons (Fsp3) is 0.389. The SMILES string of the molecule is C=CN=CC1=C(C)C(=O)c2sc(CN(CC)CCOC)cc2C1=O. The number of rotatable bonds is 8. The Morgan fingerprint density at radius 2 is 2.12 bits per heavy atom. The first-order valence-electron chi connectivity index (χ1n) is 7.81. The lowest BCUT2D eigenvalue weighted by Crippen LogP contribution is -2.26. The van der Waals surface area contributed by atoms with Gasteiger partial charge in [-0.25, -0.2) is 0 Å². The normalized spacial score (nSPS) is 14.8. The number of Topliss-reactive ketones (excluding diaryl/α,β-unsaturated/α-hetero) is 2. The predicted molar refractivity (Wildman–Crippen MR) is 97.2 cm³/mol. The lowest BCUT2D eigenvalue weighted by Gasteiger charge is -2.18. The number of allylic oxidation sites excluding steroid dienone is 2. The first-order chi connectivity index (χ1) is 11.5. The molecule has 0 N–H and O–H groups in total. The summed E-state index contributed by atoms with van der Waals surface area (Å²) in [5.41, 5.74) is 1.28. The van der Waals surface area contributed by atoms with E-state index >= 15 is 0 Å². The highest BCUT2D eigenvalue weighted by molar-refractivity contribution is 7.14. The average molecular weight is 346 g/mol. The summed E-state index contributed by atoms with van der Waals surface area (Å²) < 4.78 is 5.12. The van der Waals surface area contributed by atoms with E-state index in [9.17, 15) is 9.59 Å². The minimum Gasteiger partial charge on any atom is -0.383 e. The average Bonchev–Trinajstić information content (AvgIpc) is 3.01. The summed E-state index contributed by atoms with van der Waals surface area (Å²) in [6.07, 6.45) is 2.77. The number of carbonyl (C=O) groups is 2. The van der Waals surface area contributed by atoms with Gasteiger partial charge in [0.2, 0.25) is 0 Å². The molecule has 1 heterocycles. The molecule has 0 bridgehead atoms. The Hall–Kier alpha value is -1.89. The van der Waals surface area contributed by atoms with Gasteiger partial charge in [-0.3, -0.25) is 19.5 Å². The van der Waals surface area contributed by atoms with Crippen molar-refractivity contribution in [3.8, 4) is 0 Å². The zero-order chi connectivity index (χ0) is 17.7. The van der Waals surface area contributed by atoms with Gasteiger partial charge in [-0.1, -0.05) is 13.5 Å². The van der Waals surface area contributed by atoms with Crippen molar-refractivity contribution in [2.45, 2.75) is 20.4 Å². The molecule has 24 heavy (non-hydrogen) atoms. The maximum absolute atomic E-state index is 12.7. The van der Waals surface area contributed by atoms with Gasteiger partial charge in [-0.15, -0.1) is 11.3 Å². The predicted octanol–water partition coefficient (Wildman–Crippen LogP) is 3.13. The highest BCUT2D eigenvalue weighted by Crippen LogP contribution is 2.32. The van der Waals surface area contributed by atoms with Crippen molar-refractivity contribution in [3.05, 3.63) is 45.3 Å². The van der Waals surface area contributed by atoms with Gasteiger partial charge < -0.3 is 4.74 Å². The summed E-state index contributed by atoms with van der Waals surface area (Å²) >= 11 is 1.40. The number of ketones is 2. The van der Waals surface area contributed by atoms with Crippen molar-refractivity contribution < 1.29 is 14.3 Å². The Kier molecular flexibility index (Phi) is 6.36. The number of aliphatic imine (C=N–C) groups is 1. The fourth-order valence-corrected chi connectivity index (χ4v) is 3.73. The van der Waals surface area contributed by atoms with Crippen molar-refractivity contribution in [1.29, 1.82) is 0 Å². The van der Waals surface area contributed by atoms with Gasteiger partial charge >= 0.3 is 0 Å². The van der Waals surface area contributed by atoms with E-state index in [1.165, 1.54) is 23.8 Å². The van der Waals surface area contributed by atoms with Gasteiger partial charge in [-0.05, 0) is 19.5 Å². The summed E-state index contributed by atoms with van der Waals surface area (Å²) in [5.74, 6) is -0.235. The molecule has 1 aromatic heterocycles. The van der Waals surface area contributed by atoms with Crippen molar-refractivity contribution in [3.63, 3.8) is 0 Å². The van der Waals surface area contributed by atoms with Crippen LogP contribution in [0.5, 0.6) is 0 Å². The highest BCUT2D eigenvalue weighted by atomic mass is 32.1. The van der Waals surface area contributed by atoms with Gasteiger partial charge in [0.1, 0.15) is 0 Å². The van der Waals surface area contributed by atoms with E-state index in [1.54, 1.807) is 14.0 Å². The molecule has 6 heteroatoms. The van der Waals surface area contributed by atoms with Crippen LogP contribution in [0.1, 0.15) is 38.8 Å². The van der Waals surface area contributed by atoms with E-state index in [1.807, 2.05) is 6.07 Å². The minimum absolute atomic E-state index is 0.0914. The molecule has 0 aromatic carbocycles. The molecule has 0 amide bonds. The van der Waals surface area contributed by atoms with E-state index in [4.69, 9.17) is 4.74 Å². The summed E-state index contributed by atoms with van der Waals surface area (Å²) in [4.78, 5) is 32.9. The number of methoxy groups -OCH3 is 1. The van der Waals surface area contributed by atoms with Crippen molar-refractivity contribution >= 4 is 29.1 Å². The number of likely N-dealkylation sites (N-methyl/N-ethyl adjacent to an activating group) is 1. The summed E-state index contributed by atoms with van der Waals surface area (Å²) in [5, 5.41) is 0. The van der Waals surface area contributed by atoms with Crippen LogP contribution < -0.4 is 0 Å². The lowest BCUT2D eigenvalue weighted by molar-refractivity contribution is 0.0983. The van der Waals surface area contributed by atoms with Gasteiger partial charge in [0, 0.05) is 54.2 Å². The van der Waals surface area contributed by atoms with Crippen LogP contribution in [-0.4, -0.2) is 49.5 Å². The molecule has 0 fully saturated rings. The molecule has 1 aliphatic carbocycles. The molecule has 0 radical (unpaired) electrons. The molecule has 2 rings (SSSR count). The van der Waals surface area contributed by atoms with Gasteiger partial charge in [0.15, 0.2) is 11.6 Å². The molecule has 128 valence electrons. The largest absolute Gasteiger partial charge is 0.383 e. The third kappa shape index (κ3) is 3.77. The standard InChI is InChI=1S/C18H22N2O3S/c1-5-19-10-15-12(3)16(21)18-14(17(15)22)9-13(24-18)11-20(6-2)7-8-23-4/h5,9-10H,1,6-8,11H2,2-4H3. The van der Waals surface area contributed by atoms with Crippen molar-refractivity contribution in [2.75, 3.05) is 26.8 Å². The highest BCUT2D eigenvalue weighted by Gasteiger charge is 2.31. The first-order valence-corrected chi connectivity index (χ1v) is 8.63. The summed E-state index contributed by atoms with van der Waals surface area (Å²) in [6, 6.07) is 1.84. The maximum Gasteiger partial charge on any atom is 0.200 e. The smallest absolute Gasteiger partial charge is 0.200 e. The quantitative estimate of drug-likeness (QED) is 0.679. The van der Waals surface area contributed by atoms with Crippen LogP contribution in [0.4, 0.5) is 0 Å². The molecule has 1 aliphatic rings. The Labute approximate surface area is 146 Å². The summed E-state index contributed by atoms with van der Waals surface area (Å²) in [6.45, 7) is 10.3. The van der Waals surface area contributed by atoms with Crippen LogP contribution in [0.3, 0.4) is 0 Å². The van der Waals surface area contributed by atoms with E-state index in [0.717, 1.165) is 18.0 Å². The molecule has 1 aromatic rings. The van der Waals surface area contributed by atoms with Gasteiger partial charge in [0.25, 0.3) is 0 Å². The monoisotopic (exact) mass is 346 g/mol. The Bertz CT molecular complexity index is 716. The van der Waals surface area contributed by atoms with E-state index < -0.39 is 0 Å². The van der Waals surface area contributed by atoms with Crippen molar-refractivity contribution in [2.24, 2.45) is 4.99 Å². The van der Waals surface area contributed by atoms with Crippen LogP contribution in [0, 0.1) is 0 Å². The fourth-order valence-electron chi connectivity index (χ4n) is 2.54. The number of carbonyl (C=O) groups excluding carboxylic acids is 2. The van der Waals surface area contributed by atoms with E-state index in [2.05, 4.69) is 23.4 Å². The molecule has 0 unspecified atom stereocenters. The number of fused-ring (bicyclic) bond motifs is 1. The molecular formula is C18H22N2O3S. The second-order valence-electron chi connectivity index (χ2n) is 5.47. The van der Waals surface area contributed by atoms with Crippen LogP contribution in [0.25, 0.3) is 0 Å². The Morgan fingerprint density at radius 1 is 1.38 bits per heavy atom. The third-order valence-corrected chi connectivity index (χ3v) is 5.09. The Balaban J connectivity index is 2.28. The van der Waals surface area contributed by atoms with Gasteiger partial charge in [-0.2, -0.15) is 0 Å². The maximum atomic E-state index is 12.7. The third-order valence-electron chi connectivity index (χ3n) is 3.97. The number of hydrogen-bond donors (Lipinski definition) is 0. The van der Waals surface area contributed by atoms with Crippen LogP contribution in [-0.2, 0) is 11.3 Å². The zero-order valence-electron chi connectivity index (χ0n) is 14.3. The second kappa shape index (κ2) is 8.28. The second-order valence-corrected chi connectivity index (χ2v) is 6.61. The molecule has 0 saturated carbocycles. The summed E-state index contributed by atoms with van der Waals surface area (Å²) in [7, 11) is 1.68. The van der Waals surface area contributed by atoms with Crippen LogP contribution in [0.2, 0.25) is 0 Å². The number of ether oxygens (including phenoxy) is 1. The van der Waals surface area contributed by atoms with Gasteiger partial charge in [0.05, 0.1) is 11.5 Å². The number of thiophene rings is 1. The minimum atomic E-state index is -0.143. The molecule has 5 nitrogen and oxygen atoms in total. The van der Waals surface area contributed by atoms with Crippen molar-refractivity contribution in [1.82, 2.24) is 4.90 Å². The van der Waals surface area contributed by atoms with E-state index in [0.29, 0.717) is 34.7 Å². The number of hydrogen-bond acceptors (Lipinski definition) is 6. The lowest BCUT2D eigenvalue weighted by atomic mass is 9.90. The molecule has 0 saturated heterocycles. The molecular weight excluding hydrogens is 324 g/mol. The molecule has 0 spiro atoms. The number of nitrogens with zero attached hydrogens (tertiary/aromatic N) is 2. The topological polar surface area (TPSA) is 59.0 Å². The molecule has 0 atom stereocenters. The van der Waals surface area contributed by atoms with Crippen LogP contribution >= 0.6 is 11.3 Å². The zero-order valence-corrected chi connectivity index (χ0v) is 15.1. The molecule has 0 aliphatic heterocycles. The van der Waals surface area contributed by atoms with Crippen LogP contribution in [0.15, 0.2) is 35.0 Å².